The molecule has 0 saturated heterocycles. The molecule has 0 amide bonds. The fourth-order valence-electron chi connectivity index (χ4n) is 2.68. The van der Waals surface area contributed by atoms with Gasteiger partial charge in [0.1, 0.15) is 5.15 Å². The molecule has 3 aromatic rings. The molecule has 0 saturated carbocycles. The van der Waals surface area contributed by atoms with Gasteiger partial charge in [0.25, 0.3) is 0 Å². The van der Waals surface area contributed by atoms with Crippen molar-refractivity contribution in [1.82, 2.24) is 4.98 Å². The molecular formula is C18H17ClN2O2S. The van der Waals surface area contributed by atoms with Gasteiger partial charge in [-0.05, 0) is 35.9 Å². The van der Waals surface area contributed by atoms with E-state index in [1.165, 1.54) is 6.26 Å². The van der Waals surface area contributed by atoms with Crippen LogP contribution >= 0.6 is 11.6 Å². The van der Waals surface area contributed by atoms with Crippen molar-refractivity contribution in [3.8, 4) is 0 Å². The molecule has 24 heavy (non-hydrogen) atoms. The predicted octanol–water partition coefficient (Wildman–Crippen LogP) is 3.93. The first-order valence-corrected chi connectivity index (χ1v) is 9.67. The molecule has 0 N–H and O–H groups in total. The van der Waals surface area contributed by atoms with E-state index in [2.05, 4.69) is 4.98 Å². The van der Waals surface area contributed by atoms with Crippen molar-refractivity contribution in [2.75, 3.05) is 18.2 Å². The van der Waals surface area contributed by atoms with Gasteiger partial charge in [-0.2, -0.15) is 0 Å². The molecule has 4 nitrogen and oxygen atoms in total. The lowest BCUT2D eigenvalue weighted by molar-refractivity contribution is 0.601. The summed E-state index contributed by atoms with van der Waals surface area (Å²) in [5.41, 5.74) is 2.53. The van der Waals surface area contributed by atoms with Gasteiger partial charge in [0.05, 0.1) is 16.1 Å². The molecule has 0 radical (unpaired) electrons. The lowest BCUT2D eigenvalue weighted by atomic mass is 10.1. The van der Waals surface area contributed by atoms with Gasteiger partial charge in [-0.25, -0.2) is 13.4 Å². The van der Waals surface area contributed by atoms with Gasteiger partial charge in [-0.1, -0.05) is 35.9 Å². The molecule has 6 heteroatoms. The molecule has 0 atom stereocenters. The van der Waals surface area contributed by atoms with E-state index in [-0.39, 0.29) is 0 Å². The van der Waals surface area contributed by atoms with Crippen molar-refractivity contribution < 1.29 is 8.42 Å². The number of rotatable bonds is 4. The highest BCUT2D eigenvalue weighted by molar-refractivity contribution is 7.90. The second kappa shape index (κ2) is 6.42. The van der Waals surface area contributed by atoms with Crippen molar-refractivity contribution in [3.05, 3.63) is 65.3 Å². The highest BCUT2D eigenvalue weighted by Gasteiger charge is 2.15. The Labute approximate surface area is 146 Å². The van der Waals surface area contributed by atoms with Crippen molar-refractivity contribution in [1.29, 1.82) is 0 Å². The van der Waals surface area contributed by atoms with Crippen LogP contribution in [0.4, 0.5) is 5.69 Å². The maximum absolute atomic E-state index is 12.0. The second-order valence-corrected chi connectivity index (χ2v) is 8.13. The largest absolute Gasteiger partial charge is 0.369 e. The standard InChI is InChI=1S/C18H17ClN2O2S/c1-21(16-5-3-4-6-17(16)24(2,22)23)12-13-7-8-14-9-10-18(19)20-15(14)11-13/h3-11H,12H2,1-2H3. The fraction of sp³-hybridized carbons (Fsp3) is 0.167. The Morgan fingerprint density at radius 2 is 1.79 bits per heavy atom. The van der Waals surface area contributed by atoms with E-state index >= 15 is 0 Å². The number of benzene rings is 2. The molecule has 0 aliphatic carbocycles. The summed E-state index contributed by atoms with van der Waals surface area (Å²) < 4.78 is 23.9. The normalized spacial score (nSPS) is 11.6. The number of hydrogen-bond acceptors (Lipinski definition) is 4. The predicted molar refractivity (Wildman–Crippen MR) is 98.4 cm³/mol. The summed E-state index contributed by atoms with van der Waals surface area (Å²) in [7, 11) is -1.41. The third kappa shape index (κ3) is 3.52. The minimum absolute atomic E-state index is 0.328. The summed E-state index contributed by atoms with van der Waals surface area (Å²) in [5, 5.41) is 1.47. The number of aromatic nitrogens is 1. The molecule has 0 unspecified atom stereocenters. The first-order chi connectivity index (χ1) is 11.3. The number of fused-ring (bicyclic) bond motifs is 1. The number of nitrogens with zero attached hydrogens (tertiary/aromatic N) is 2. The molecule has 0 bridgehead atoms. The molecular weight excluding hydrogens is 344 g/mol. The molecule has 2 aromatic carbocycles. The minimum atomic E-state index is -3.28. The Morgan fingerprint density at radius 3 is 2.54 bits per heavy atom. The summed E-state index contributed by atoms with van der Waals surface area (Å²) in [6, 6.07) is 16.7. The van der Waals surface area contributed by atoms with Crippen molar-refractivity contribution in [3.63, 3.8) is 0 Å². The van der Waals surface area contributed by atoms with E-state index in [9.17, 15) is 8.42 Å². The van der Waals surface area contributed by atoms with E-state index < -0.39 is 9.84 Å². The van der Waals surface area contributed by atoms with E-state index in [0.717, 1.165) is 16.5 Å². The smallest absolute Gasteiger partial charge is 0.177 e. The van der Waals surface area contributed by atoms with Gasteiger partial charge >= 0.3 is 0 Å². The van der Waals surface area contributed by atoms with Crippen LogP contribution < -0.4 is 4.90 Å². The van der Waals surface area contributed by atoms with Gasteiger partial charge in [-0.15, -0.1) is 0 Å². The van der Waals surface area contributed by atoms with E-state index in [1.807, 2.05) is 48.3 Å². The van der Waals surface area contributed by atoms with Gasteiger partial charge in [0, 0.05) is 25.2 Å². The van der Waals surface area contributed by atoms with Crippen LogP contribution in [0.3, 0.4) is 0 Å². The molecule has 0 fully saturated rings. The average Bonchev–Trinajstić information content (AvgIpc) is 2.53. The molecule has 3 rings (SSSR count). The highest BCUT2D eigenvalue weighted by Crippen LogP contribution is 2.26. The minimum Gasteiger partial charge on any atom is -0.369 e. The van der Waals surface area contributed by atoms with Crippen LogP contribution in [0, 0.1) is 0 Å². The van der Waals surface area contributed by atoms with Crippen molar-refractivity contribution in [2.45, 2.75) is 11.4 Å². The van der Waals surface area contributed by atoms with Crippen LogP contribution in [0.5, 0.6) is 0 Å². The summed E-state index contributed by atoms with van der Waals surface area (Å²) in [5.74, 6) is 0. The van der Waals surface area contributed by atoms with Crippen LogP contribution in [0.15, 0.2) is 59.5 Å². The Hall–Kier alpha value is -2.11. The lowest BCUT2D eigenvalue weighted by Crippen LogP contribution is -2.19. The summed E-state index contributed by atoms with van der Waals surface area (Å²) in [6.07, 6.45) is 1.22. The Kier molecular flexibility index (Phi) is 4.47. The average molecular weight is 361 g/mol. The quantitative estimate of drug-likeness (QED) is 0.661. The van der Waals surface area contributed by atoms with E-state index in [4.69, 9.17) is 11.6 Å². The number of para-hydroxylation sites is 1. The Morgan fingerprint density at radius 1 is 1.08 bits per heavy atom. The van der Waals surface area contributed by atoms with Crippen LogP contribution in [-0.4, -0.2) is 26.7 Å². The number of halogens is 1. The first-order valence-electron chi connectivity index (χ1n) is 7.40. The molecule has 1 aromatic heterocycles. The highest BCUT2D eigenvalue weighted by atomic mass is 35.5. The second-order valence-electron chi connectivity index (χ2n) is 5.76. The summed E-state index contributed by atoms with van der Waals surface area (Å²) in [4.78, 5) is 6.57. The van der Waals surface area contributed by atoms with Gasteiger partial charge < -0.3 is 4.90 Å². The third-order valence-corrected chi connectivity index (χ3v) is 5.17. The Balaban J connectivity index is 1.94. The zero-order valence-electron chi connectivity index (χ0n) is 13.4. The third-order valence-electron chi connectivity index (χ3n) is 3.82. The van der Waals surface area contributed by atoms with E-state index in [1.54, 1.807) is 18.2 Å². The maximum Gasteiger partial charge on any atom is 0.177 e. The number of hydrogen-bond donors (Lipinski definition) is 0. The van der Waals surface area contributed by atoms with Gasteiger partial charge in [0.15, 0.2) is 9.84 Å². The van der Waals surface area contributed by atoms with Crippen LogP contribution in [0.1, 0.15) is 5.56 Å². The van der Waals surface area contributed by atoms with E-state index in [0.29, 0.717) is 22.3 Å². The van der Waals surface area contributed by atoms with Gasteiger partial charge in [-0.3, -0.25) is 0 Å². The molecule has 1 heterocycles. The monoisotopic (exact) mass is 360 g/mol. The van der Waals surface area contributed by atoms with Crippen molar-refractivity contribution >= 4 is 38.0 Å². The molecule has 0 spiro atoms. The number of pyridine rings is 1. The number of sulfone groups is 1. The molecule has 124 valence electrons. The fourth-order valence-corrected chi connectivity index (χ4v) is 3.76. The Bertz CT molecular complexity index is 1000. The molecule has 0 aliphatic rings. The van der Waals surface area contributed by atoms with Crippen LogP contribution in [0.2, 0.25) is 5.15 Å². The first kappa shape index (κ1) is 16.7. The topological polar surface area (TPSA) is 50.3 Å². The SMILES string of the molecule is CN(Cc1ccc2ccc(Cl)nc2c1)c1ccccc1S(C)(=O)=O. The zero-order chi connectivity index (χ0) is 17.3. The lowest BCUT2D eigenvalue weighted by Gasteiger charge is -2.22. The molecule has 0 aliphatic heterocycles. The van der Waals surface area contributed by atoms with Crippen LogP contribution in [0.25, 0.3) is 10.9 Å². The summed E-state index contributed by atoms with van der Waals surface area (Å²) in [6.45, 7) is 0.566. The van der Waals surface area contributed by atoms with Crippen LogP contribution in [-0.2, 0) is 16.4 Å². The van der Waals surface area contributed by atoms with Crippen molar-refractivity contribution in [2.24, 2.45) is 0 Å². The van der Waals surface area contributed by atoms with Gasteiger partial charge in [0.2, 0.25) is 0 Å². The maximum atomic E-state index is 12.0. The number of anilines is 1. The summed E-state index contributed by atoms with van der Waals surface area (Å²) >= 11 is 5.96. The zero-order valence-corrected chi connectivity index (χ0v) is 15.0.